The molecule has 26 heavy (non-hydrogen) atoms. The van der Waals surface area contributed by atoms with Gasteiger partial charge in [-0.05, 0) is 63.7 Å². The molecule has 1 aliphatic heterocycles. The third-order valence-electron chi connectivity index (χ3n) is 6.08. The van der Waals surface area contributed by atoms with Crippen LogP contribution in [0.3, 0.4) is 0 Å². The molecule has 0 aromatic rings. The molecule has 2 aliphatic rings. The molecule has 5 nitrogen and oxygen atoms in total. The van der Waals surface area contributed by atoms with Crippen molar-refractivity contribution < 1.29 is 23.8 Å². The fraction of sp³-hybridized carbons (Fsp3) is 0.905. The lowest BCUT2D eigenvalue weighted by Gasteiger charge is -2.45. The minimum atomic E-state index is -1.23. The maximum absolute atomic E-state index is 13.2. The van der Waals surface area contributed by atoms with Crippen LogP contribution in [-0.2, 0) is 23.8 Å². The van der Waals surface area contributed by atoms with E-state index in [1.165, 1.54) is 13.5 Å². The highest BCUT2D eigenvalue weighted by molar-refractivity contribution is 5.86. The third kappa shape index (κ3) is 4.99. The van der Waals surface area contributed by atoms with Crippen molar-refractivity contribution in [1.82, 2.24) is 0 Å². The highest BCUT2D eigenvalue weighted by atomic mass is 16.6. The number of ether oxygens (including phenoxy) is 3. The average Bonchev–Trinajstić information content (AvgIpc) is 2.53. The summed E-state index contributed by atoms with van der Waals surface area (Å²) in [5.74, 6) is 0.545. The zero-order valence-corrected chi connectivity index (χ0v) is 17.3. The molecule has 0 N–H and O–H groups in total. The number of hydrogen-bond acceptors (Lipinski definition) is 5. The lowest BCUT2D eigenvalue weighted by Crippen LogP contribution is -2.54. The van der Waals surface area contributed by atoms with Crippen molar-refractivity contribution in [3.63, 3.8) is 0 Å². The first-order valence-corrected chi connectivity index (χ1v) is 10.1. The first kappa shape index (κ1) is 21.2. The van der Waals surface area contributed by atoms with Gasteiger partial charge in [0, 0.05) is 0 Å². The molecule has 0 aromatic carbocycles. The smallest absolute Gasteiger partial charge is 0.339 e. The molecule has 0 bridgehead atoms. The Kier molecular flexibility index (Phi) is 6.75. The van der Waals surface area contributed by atoms with Crippen LogP contribution in [0, 0.1) is 17.8 Å². The molecule has 2 fully saturated rings. The molecule has 0 amide bonds. The summed E-state index contributed by atoms with van der Waals surface area (Å²) >= 11 is 0. The van der Waals surface area contributed by atoms with Crippen molar-refractivity contribution in [2.24, 2.45) is 17.8 Å². The maximum Gasteiger partial charge on any atom is 0.339 e. The minimum absolute atomic E-state index is 0.0830. The molecule has 150 valence electrons. The maximum atomic E-state index is 13.2. The highest BCUT2D eigenvalue weighted by Gasteiger charge is 2.51. The Bertz CT molecular complexity index is 513. The molecule has 5 heteroatoms. The highest BCUT2D eigenvalue weighted by Crippen LogP contribution is 2.41. The standard InChI is InChI=1S/C21H36O5/c1-14(2)16-9-8-15(3)12-17(16)25-19(23)21(13-18(22)24-6)11-7-10-20(4,5)26-21/h14-17H,7-13H2,1-6H3/t15?,16-,17?,21?/m1/s1. The van der Waals surface area contributed by atoms with Crippen LogP contribution in [0.5, 0.6) is 0 Å². The molecule has 0 spiro atoms. The van der Waals surface area contributed by atoms with E-state index in [1.807, 2.05) is 13.8 Å². The average molecular weight is 369 g/mol. The predicted molar refractivity (Wildman–Crippen MR) is 99.6 cm³/mol. The van der Waals surface area contributed by atoms with Gasteiger partial charge in [0.2, 0.25) is 0 Å². The van der Waals surface area contributed by atoms with Crippen LogP contribution in [0.25, 0.3) is 0 Å². The second kappa shape index (κ2) is 8.28. The first-order valence-electron chi connectivity index (χ1n) is 10.1. The van der Waals surface area contributed by atoms with Gasteiger partial charge >= 0.3 is 11.9 Å². The SMILES string of the molecule is COC(=O)CC1(C(=O)OC2CC(C)CC[C@@H]2C(C)C)CCCC(C)(C)O1. The van der Waals surface area contributed by atoms with Crippen molar-refractivity contribution in [2.75, 3.05) is 7.11 Å². The topological polar surface area (TPSA) is 61.8 Å². The molecular formula is C21H36O5. The molecule has 1 saturated carbocycles. The minimum Gasteiger partial charge on any atom is -0.469 e. The van der Waals surface area contributed by atoms with E-state index in [0.717, 1.165) is 25.7 Å². The van der Waals surface area contributed by atoms with Gasteiger partial charge in [0.05, 0.1) is 19.1 Å². The summed E-state index contributed by atoms with van der Waals surface area (Å²) in [7, 11) is 1.34. The number of hydrogen-bond donors (Lipinski definition) is 0. The van der Waals surface area contributed by atoms with E-state index >= 15 is 0 Å². The summed E-state index contributed by atoms with van der Waals surface area (Å²) in [5.41, 5.74) is -1.68. The zero-order valence-electron chi connectivity index (χ0n) is 17.3. The Morgan fingerprint density at radius 1 is 1.19 bits per heavy atom. The Morgan fingerprint density at radius 2 is 1.88 bits per heavy atom. The van der Waals surface area contributed by atoms with E-state index in [2.05, 4.69) is 20.8 Å². The molecule has 0 radical (unpaired) electrons. The van der Waals surface area contributed by atoms with Crippen LogP contribution in [0.15, 0.2) is 0 Å². The predicted octanol–water partition coefficient (Wildman–Crippen LogP) is 4.27. The number of methoxy groups -OCH3 is 1. The number of rotatable bonds is 5. The molecular weight excluding hydrogens is 332 g/mol. The Hall–Kier alpha value is -1.10. The van der Waals surface area contributed by atoms with E-state index in [-0.39, 0.29) is 18.5 Å². The summed E-state index contributed by atoms with van der Waals surface area (Å²) in [6.45, 7) is 10.5. The van der Waals surface area contributed by atoms with Crippen molar-refractivity contribution in [2.45, 2.75) is 96.9 Å². The quantitative estimate of drug-likeness (QED) is 0.678. The van der Waals surface area contributed by atoms with Gasteiger partial charge in [-0.15, -0.1) is 0 Å². The van der Waals surface area contributed by atoms with E-state index in [9.17, 15) is 9.59 Å². The van der Waals surface area contributed by atoms with Crippen molar-refractivity contribution >= 4 is 11.9 Å². The van der Waals surface area contributed by atoms with Crippen molar-refractivity contribution in [3.05, 3.63) is 0 Å². The summed E-state index contributed by atoms with van der Waals surface area (Å²) in [4.78, 5) is 25.3. The van der Waals surface area contributed by atoms with Gasteiger partial charge in [-0.3, -0.25) is 4.79 Å². The summed E-state index contributed by atoms with van der Waals surface area (Å²) in [6.07, 6.45) is 5.13. The van der Waals surface area contributed by atoms with Gasteiger partial charge in [-0.25, -0.2) is 4.79 Å². The van der Waals surface area contributed by atoms with Gasteiger partial charge in [0.1, 0.15) is 6.10 Å². The second-order valence-corrected chi connectivity index (χ2v) is 9.23. The van der Waals surface area contributed by atoms with Gasteiger partial charge < -0.3 is 14.2 Å². The van der Waals surface area contributed by atoms with Crippen molar-refractivity contribution in [3.8, 4) is 0 Å². The molecule has 0 aromatic heterocycles. The Balaban J connectivity index is 2.21. The van der Waals surface area contributed by atoms with Crippen LogP contribution >= 0.6 is 0 Å². The van der Waals surface area contributed by atoms with Crippen LogP contribution < -0.4 is 0 Å². The molecule has 1 aliphatic carbocycles. The van der Waals surface area contributed by atoms with Crippen LogP contribution in [0.4, 0.5) is 0 Å². The number of carbonyl (C=O) groups excluding carboxylic acids is 2. The van der Waals surface area contributed by atoms with E-state index < -0.39 is 17.2 Å². The van der Waals surface area contributed by atoms with Gasteiger partial charge in [0.25, 0.3) is 0 Å². The Labute approximate surface area is 158 Å². The largest absolute Gasteiger partial charge is 0.469 e. The van der Waals surface area contributed by atoms with Crippen LogP contribution in [-0.4, -0.2) is 36.4 Å². The van der Waals surface area contributed by atoms with Crippen LogP contribution in [0.1, 0.15) is 79.6 Å². The first-order chi connectivity index (χ1) is 12.1. The fourth-order valence-corrected chi connectivity index (χ4v) is 4.57. The van der Waals surface area contributed by atoms with Crippen molar-refractivity contribution in [1.29, 1.82) is 0 Å². The van der Waals surface area contributed by atoms with Crippen LogP contribution in [0.2, 0.25) is 0 Å². The lowest BCUT2D eigenvalue weighted by molar-refractivity contribution is -0.219. The van der Waals surface area contributed by atoms with Gasteiger partial charge in [0.15, 0.2) is 5.60 Å². The molecule has 2 rings (SSSR count). The molecule has 3 unspecified atom stereocenters. The van der Waals surface area contributed by atoms with Gasteiger partial charge in [-0.2, -0.15) is 0 Å². The van der Waals surface area contributed by atoms with E-state index in [0.29, 0.717) is 24.2 Å². The lowest BCUT2D eigenvalue weighted by atomic mass is 9.75. The molecule has 4 atom stereocenters. The summed E-state index contributed by atoms with van der Waals surface area (Å²) in [5, 5.41) is 0. The summed E-state index contributed by atoms with van der Waals surface area (Å²) < 4.78 is 17.1. The fourth-order valence-electron chi connectivity index (χ4n) is 4.57. The molecule has 1 heterocycles. The normalized spacial score (nSPS) is 34.3. The monoisotopic (exact) mass is 368 g/mol. The Morgan fingerprint density at radius 3 is 2.46 bits per heavy atom. The zero-order chi connectivity index (χ0) is 19.5. The second-order valence-electron chi connectivity index (χ2n) is 9.23. The third-order valence-corrected chi connectivity index (χ3v) is 6.08. The molecule has 1 saturated heterocycles. The summed E-state index contributed by atoms with van der Waals surface area (Å²) in [6, 6.07) is 0. The van der Waals surface area contributed by atoms with Gasteiger partial charge in [-0.1, -0.05) is 27.2 Å². The van der Waals surface area contributed by atoms with E-state index in [1.54, 1.807) is 0 Å². The number of esters is 2. The number of carbonyl (C=O) groups is 2. The van der Waals surface area contributed by atoms with E-state index in [4.69, 9.17) is 14.2 Å².